The summed E-state index contributed by atoms with van der Waals surface area (Å²) in [5.41, 5.74) is 1.58. The third-order valence-electron chi connectivity index (χ3n) is 3.53. The molecule has 0 radical (unpaired) electrons. The number of amides is 1. The van der Waals surface area contributed by atoms with E-state index < -0.39 is 0 Å². The van der Waals surface area contributed by atoms with Crippen LogP contribution in [0.4, 0.5) is 0 Å². The van der Waals surface area contributed by atoms with E-state index in [-0.39, 0.29) is 11.4 Å². The molecular weight excluding hydrogens is 240 g/mol. The Bertz CT molecular complexity index is 472. The first-order chi connectivity index (χ1) is 8.80. The SMILES string of the molecule is Cc1c(C(=O)N2CCN[C@H](C)C2)cnn1C(C)(C)C. The molecular formula is C14H24N4O. The molecule has 1 aliphatic heterocycles. The number of rotatable bonds is 1. The van der Waals surface area contributed by atoms with Crippen molar-refractivity contribution < 1.29 is 4.79 Å². The van der Waals surface area contributed by atoms with E-state index in [1.54, 1.807) is 6.20 Å². The minimum atomic E-state index is -0.0979. The zero-order valence-corrected chi connectivity index (χ0v) is 12.5. The zero-order chi connectivity index (χ0) is 14.2. The summed E-state index contributed by atoms with van der Waals surface area (Å²) in [5, 5.41) is 7.72. The molecule has 1 atom stereocenters. The van der Waals surface area contributed by atoms with Crippen LogP contribution in [0.25, 0.3) is 0 Å². The van der Waals surface area contributed by atoms with Crippen LogP contribution in [0.3, 0.4) is 0 Å². The zero-order valence-electron chi connectivity index (χ0n) is 12.5. The highest BCUT2D eigenvalue weighted by atomic mass is 16.2. The second-order valence-corrected chi connectivity index (χ2v) is 6.33. The molecule has 2 heterocycles. The fourth-order valence-electron chi connectivity index (χ4n) is 2.58. The standard InChI is InChI=1S/C14H24N4O/c1-10-9-17(7-6-15-10)13(19)12-8-16-18(11(12)2)14(3,4)5/h8,10,15H,6-7,9H2,1-5H3/t10-/m1/s1. The van der Waals surface area contributed by atoms with E-state index in [2.05, 4.69) is 38.1 Å². The average Bonchev–Trinajstić information content (AvgIpc) is 2.70. The predicted octanol–water partition coefficient (Wildman–Crippen LogP) is 1.38. The summed E-state index contributed by atoms with van der Waals surface area (Å²) in [6.07, 6.45) is 1.70. The van der Waals surface area contributed by atoms with Crippen LogP contribution < -0.4 is 5.32 Å². The largest absolute Gasteiger partial charge is 0.336 e. The molecule has 1 aromatic heterocycles. The molecule has 0 unspecified atom stereocenters. The Morgan fingerprint density at radius 3 is 2.68 bits per heavy atom. The summed E-state index contributed by atoms with van der Waals surface area (Å²) < 4.78 is 1.92. The van der Waals surface area contributed by atoms with Crippen molar-refractivity contribution in [2.24, 2.45) is 0 Å². The van der Waals surface area contributed by atoms with E-state index >= 15 is 0 Å². The van der Waals surface area contributed by atoms with Gasteiger partial charge in [0.25, 0.3) is 5.91 Å². The quantitative estimate of drug-likeness (QED) is 0.833. The van der Waals surface area contributed by atoms with Gasteiger partial charge in [-0.1, -0.05) is 0 Å². The van der Waals surface area contributed by atoms with Crippen LogP contribution in [0.1, 0.15) is 43.7 Å². The third-order valence-corrected chi connectivity index (χ3v) is 3.53. The van der Waals surface area contributed by atoms with E-state index in [9.17, 15) is 4.79 Å². The number of nitrogens with zero attached hydrogens (tertiary/aromatic N) is 3. The summed E-state index contributed by atoms with van der Waals surface area (Å²) in [7, 11) is 0. The Morgan fingerprint density at radius 2 is 2.16 bits per heavy atom. The Hall–Kier alpha value is -1.36. The number of carbonyl (C=O) groups is 1. The summed E-state index contributed by atoms with van der Waals surface area (Å²) in [5.74, 6) is 0.0985. The van der Waals surface area contributed by atoms with Crippen molar-refractivity contribution >= 4 is 5.91 Å². The highest BCUT2D eigenvalue weighted by Crippen LogP contribution is 2.19. The van der Waals surface area contributed by atoms with Crippen molar-refractivity contribution in [3.05, 3.63) is 17.5 Å². The third kappa shape index (κ3) is 2.81. The summed E-state index contributed by atoms with van der Waals surface area (Å²) >= 11 is 0. The molecule has 5 nitrogen and oxygen atoms in total. The molecule has 106 valence electrons. The average molecular weight is 264 g/mol. The lowest BCUT2D eigenvalue weighted by Gasteiger charge is -2.32. The van der Waals surface area contributed by atoms with Crippen molar-refractivity contribution in [1.82, 2.24) is 20.0 Å². The van der Waals surface area contributed by atoms with Crippen molar-refractivity contribution in [2.45, 2.75) is 46.2 Å². The molecule has 1 N–H and O–H groups in total. The van der Waals surface area contributed by atoms with Crippen LogP contribution in [-0.2, 0) is 5.54 Å². The number of nitrogens with one attached hydrogen (secondary N) is 1. The van der Waals surface area contributed by atoms with Crippen molar-refractivity contribution in [3.63, 3.8) is 0 Å². The highest BCUT2D eigenvalue weighted by Gasteiger charge is 2.26. The smallest absolute Gasteiger partial charge is 0.257 e. The van der Waals surface area contributed by atoms with Gasteiger partial charge in [0.2, 0.25) is 0 Å². The molecule has 2 rings (SSSR count). The predicted molar refractivity (Wildman–Crippen MR) is 75.3 cm³/mol. The second kappa shape index (κ2) is 4.96. The van der Waals surface area contributed by atoms with Gasteiger partial charge in [-0.2, -0.15) is 5.10 Å². The van der Waals surface area contributed by atoms with Gasteiger partial charge in [-0.3, -0.25) is 9.48 Å². The molecule has 0 aromatic carbocycles. The normalized spacial score (nSPS) is 20.7. The van der Waals surface area contributed by atoms with Crippen LogP contribution in [0.15, 0.2) is 6.20 Å². The van der Waals surface area contributed by atoms with Crippen LogP contribution in [0, 0.1) is 6.92 Å². The number of hydrogen-bond donors (Lipinski definition) is 1. The maximum absolute atomic E-state index is 12.6. The van der Waals surface area contributed by atoms with E-state index in [1.807, 2.05) is 16.5 Å². The lowest BCUT2D eigenvalue weighted by Crippen LogP contribution is -2.51. The minimum Gasteiger partial charge on any atom is -0.336 e. The van der Waals surface area contributed by atoms with E-state index in [0.29, 0.717) is 6.04 Å². The van der Waals surface area contributed by atoms with Gasteiger partial charge in [0.15, 0.2) is 0 Å². The maximum Gasteiger partial charge on any atom is 0.257 e. The Labute approximate surface area is 115 Å². The van der Waals surface area contributed by atoms with Gasteiger partial charge in [-0.05, 0) is 34.6 Å². The maximum atomic E-state index is 12.6. The van der Waals surface area contributed by atoms with Gasteiger partial charge in [-0.25, -0.2) is 0 Å². The first-order valence-electron chi connectivity index (χ1n) is 6.88. The van der Waals surface area contributed by atoms with Crippen molar-refractivity contribution in [2.75, 3.05) is 19.6 Å². The van der Waals surface area contributed by atoms with Crippen molar-refractivity contribution in [3.8, 4) is 0 Å². The van der Waals surface area contributed by atoms with Crippen LogP contribution in [-0.4, -0.2) is 46.3 Å². The van der Waals surface area contributed by atoms with Crippen molar-refractivity contribution in [1.29, 1.82) is 0 Å². The van der Waals surface area contributed by atoms with Gasteiger partial charge >= 0.3 is 0 Å². The monoisotopic (exact) mass is 264 g/mol. The first kappa shape index (κ1) is 14.1. The Morgan fingerprint density at radius 1 is 1.47 bits per heavy atom. The molecule has 0 spiro atoms. The lowest BCUT2D eigenvalue weighted by molar-refractivity contribution is 0.0708. The summed E-state index contributed by atoms with van der Waals surface area (Å²) in [4.78, 5) is 14.5. The molecule has 1 amide bonds. The molecule has 1 aromatic rings. The molecule has 5 heteroatoms. The number of piperazine rings is 1. The van der Waals surface area contributed by atoms with E-state index in [1.165, 1.54) is 0 Å². The van der Waals surface area contributed by atoms with Gasteiger partial charge in [0.05, 0.1) is 17.3 Å². The fraction of sp³-hybridized carbons (Fsp3) is 0.714. The van der Waals surface area contributed by atoms with Gasteiger partial charge < -0.3 is 10.2 Å². The molecule has 1 fully saturated rings. The topological polar surface area (TPSA) is 50.2 Å². The number of carbonyl (C=O) groups excluding carboxylic acids is 1. The van der Waals surface area contributed by atoms with Gasteiger partial charge in [-0.15, -0.1) is 0 Å². The molecule has 0 saturated carbocycles. The molecule has 1 saturated heterocycles. The lowest BCUT2D eigenvalue weighted by atomic mass is 10.1. The van der Waals surface area contributed by atoms with Crippen LogP contribution in [0.2, 0.25) is 0 Å². The van der Waals surface area contributed by atoms with E-state index in [0.717, 1.165) is 30.9 Å². The highest BCUT2D eigenvalue weighted by molar-refractivity contribution is 5.95. The van der Waals surface area contributed by atoms with Crippen LogP contribution in [0.5, 0.6) is 0 Å². The molecule has 0 aliphatic carbocycles. The molecule has 0 bridgehead atoms. The summed E-state index contributed by atoms with van der Waals surface area (Å²) in [6.45, 7) is 12.7. The van der Waals surface area contributed by atoms with Gasteiger partial charge in [0.1, 0.15) is 0 Å². The number of hydrogen-bond acceptors (Lipinski definition) is 3. The summed E-state index contributed by atoms with van der Waals surface area (Å²) in [6, 6.07) is 0.357. The fourth-order valence-corrected chi connectivity index (χ4v) is 2.58. The van der Waals surface area contributed by atoms with Crippen LogP contribution >= 0.6 is 0 Å². The second-order valence-electron chi connectivity index (χ2n) is 6.33. The molecule has 1 aliphatic rings. The number of aromatic nitrogens is 2. The first-order valence-corrected chi connectivity index (χ1v) is 6.88. The van der Waals surface area contributed by atoms with Gasteiger partial charge in [0, 0.05) is 31.4 Å². The Balaban J connectivity index is 2.22. The molecule has 19 heavy (non-hydrogen) atoms. The minimum absolute atomic E-state index is 0.0979. The van der Waals surface area contributed by atoms with E-state index in [4.69, 9.17) is 0 Å². The Kier molecular flexibility index (Phi) is 3.67.